The summed E-state index contributed by atoms with van der Waals surface area (Å²) >= 11 is 0. The first-order valence-electron chi connectivity index (χ1n) is 9.88. The summed E-state index contributed by atoms with van der Waals surface area (Å²) in [4.78, 5) is 19.3. The highest BCUT2D eigenvalue weighted by atomic mass is 16.5. The Morgan fingerprint density at radius 2 is 1.83 bits per heavy atom. The Bertz CT molecular complexity index is 561. The molecule has 0 spiro atoms. The molecule has 2 aliphatic carbocycles. The van der Waals surface area contributed by atoms with Gasteiger partial charge in [-0.25, -0.2) is 0 Å². The van der Waals surface area contributed by atoms with E-state index in [-0.39, 0.29) is 0 Å². The predicted octanol–water partition coefficient (Wildman–Crippen LogP) is 3.70. The van der Waals surface area contributed by atoms with E-state index in [4.69, 9.17) is 4.52 Å². The molecule has 132 valence electrons. The SMILES string of the molecule is O=C(CC1CCCCC1)N1CCCC(Cc2nc(C3CC3)no2)C1. The van der Waals surface area contributed by atoms with Gasteiger partial charge >= 0.3 is 0 Å². The number of carbonyl (C=O) groups excluding carboxylic acids is 1. The minimum absolute atomic E-state index is 0.371. The van der Waals surface area contributed by atoms with Crippen LogP contribution in [0.15, 0.2) is 4.52 Å². The second kappa shape index (κ2) is 7.24. The molecule has 1 atom stereocenters. The van der Waals surface area contributed by atoms with E-state index in [0.29, 0.717) is 23.7 Å². The van der Waals surface area contributed by atoms with Crippen LogP contribution in [0.4, 0.5) is 0 Å². The molecule has 1 amide bonds. The summed E-state index contributed by atoms with van der Waals surface area (Å²) in [7, 11) is 0. The lowest BCUT2D eigenvalue weighted by atomic mass is 9.86. The standard InChI is InChI=1S/C19H29N3O2/c23-18(12-14-5-2-1-3-6-14)22-10-4-7-15(13-22)11-17-20-19(21-24-17)16-8-9-16/h14-16H,1-13H2. The summed E-state index contributed by atoms with van der Waals surface area (Å²) in [5, 5.41) is 4.11. The number of amides is 1. The molecule has 1 unspecified atom stereocenters. The largest absolute Gasteiger partial charge is 0.342 e. The summed E-state index contributed by atoms with van der Waals surface area (Å²) in [5.41, 5.74) is 0. The van der Waals surface area contributed by atoms with Crippen molar-refractivity contribution >= 4 is 5.91 Å². The van der Waals surface area contributed by atoms with Crippen molar-refractivity contribution in [2.24, 2.45) is 11.8 Å². The molecule has 1 saturated heterocycles. The highest BCUT2D eigenvalue weighted by Crippen LogP contribution is 2.38. The lowest BCUT2D eigenvalue weighted by Crippen LogP contribution is -2.41. The van der Waals surface area contributed by atoms with Crippen molar-refractivity contribution in [1.82, 2.24) is 15.0 Å². The number of carbonyl (C=O) groups is 1. The first-order chi connectivity index (χ1) is 11.8. The van der Waals surface area contributed by atoms with Crippen molar-refractivity contribution in [3.05, 3.63) is 11.7 Å². The van der Waals surface area contributed by atoms with Crippen LogP contribution in [0, 0.1) is 11.8 Å². The number of nitrogens with zero attached hydrogens (tertiary/aromatic N) is 3. The number of hydrogen-bond donors (Lipinski definition) is 0. The molecule has 24 heavy (non-hydrogen) atoms. The van der Waals surface area contributed by atoms with E-state index >= 15 is 0 Å². The van der Waals surface area contributed by atoms with E-state index in [2.05, 4.69) is 15.0 Å². The first-order valence-corrected chi connectivity index (χ1v) is 9.88. The van der Waals surface area contributed by atoms with Gasteiger partial charge < -0.3 is 9.42 Å². The van der Waals surface area contributed by atoms with Gasteiger partial charge in [0.2, 0.25) is 11.8 Å². The maximum Gasteiger partial charge on any atom is 0.226 e. The van der Waals surface area contributed by atoms with Crippen LogP contribution in [0.1, 0.15) is 81.8 Å². The van der Waals surface area contributed by atoms with Crippen LogP contribution >= 0.6 is 0 Å². The fraction of sp³-hybridized carbons (Fsp3) is 0.842. The van der Waals surface area contributed by atoms with Gasteiger partial charge in [0.25, 0.3) is 0 Å². The van der Waals surface area contributed by atoms with Crippen LogP contribution in [0.2, 0.25) is 0 Å². The number of piperidine rings is 1. The topological polar surface area (TPSA) is 59.2 Å². The number of rotatable bonds is 5. The fourth-order valence-corrected chi connectivity index (χ4v) is 4.33. The van der Waals surface area contributed by atoms with Crippen LogP contribution in [0.25, 0.3) is 0 Å². The van der Waals surface area contributed by atoms with E-state index < -0.39 is 0 Å². The molecule has 0 aromatic carbocycles. The highest BCUT2D eigenvalue weighted by molar-refractivity contribution is 5.76. The molecular weight excluding hydrogens is 302 g/mol. The average Bonchev–Trinajstić information content (AvgIpc) is 3.36. The number of hydrogen-bond acceptors (Lipinski definition) is 4. The van der Waals surface area contributed by atoms with Crippen LogP contribution in [-0.2, 0) is 11.2 Å². The zero-order chi connectivity index (χ0) is 16.4. The summed E-state index contributed by atoms with van der Waals surface area (Å²) < 4.78 is 5.42. The van der Waals surface area contributed by atoms with Gasteiger partial charge in [-0.3, -0.25) is 4.79 Å². The van der Waals surface area contributed by atoms with Crippen molar-refractivity contribution in [1.29, 1.82) is 0 Å². The molecule has 0 bridgehead atoms. The smallest absolute Gasteiger partial charge is 0.226 e. The molecule has 0 N–H and O–H groups in total. The lowest BCUT2D eigenvalue weighted by Gasteiger charge is -2.33. The molecule has 2 saturated carbocycles. The van der Waals surface area contributed by atoms with Gasteiger partial charge in [-0.2, -0.15) is 4.98 Å². The Hall–Kier alpha value is -1.39. The van der Waals surface area contributed by atoms with Crippen molar-refractivity contribution in [2.45, 2.75) is 76.5 Å². The summed E-state index contributed by atoms with van der Waals surface area (Å²) in [6, 6.07) is 0. The van der Waals surface area contributed by atoms with E-state index in [0.717, 1.165) is 50.5 Å². The zero-order valence-corrected chi connectivity index (χ0v) is 14.6. The minimum Gasteiger partial charge on any atom is -0.342 e. The molecular formula is C19H29N3O2. The van der Waals surface area contributed by atoms with Crippen LogP contribution in [0.5, 0.6) is 0 Å². The summed E-state index contributed by atoms with van der Waals surface area (Å²) in [6.07, 6.45) is 12.7. The van der Waals surface area contributed by atoms with Gasteiger partial charge in [0.05, 0.1) is 0 Å². The van der Waals surface area contributed by atoms with E-state index in [9.17, 15) is 4.79 Å². The Morgan fingerprint density at radius 1 is 1.04 bits per heavy atom. The number of likely N-dealkylation sites (tertiary alicyclic amines) is 1. The molecule has 3 aliphatic rings. The second-order valence-corrected chi connectivity index (χ2v) is 8.08. The summed E-state index contributed by atoms with van der Waals surface area (Å²) in [6.45, 7) is 1.80. The fourth-order valence-electron chi connectivity index (χ4n) is 4.33. The molecule has 0 radical (unpaired) electrons. The molecule has 3 fully saturated rings. The molecule has 5 heteroatoms. The third-order valence-corrected chi connectivity index (χ3v) is 5.95. The second-order valence-electron chi connectivity index (χ2n) is 8.08. The Morgan fingerprint density at radius 3 is 2.62 bits per heavy atom. The maximum atomic E-state index is 12.6. The van der Waals surface area contributed by atoms with Crippen LogP contribution < -0.4 is 0 Å². The third-order valence-electron chi connectivity index (χ3n) is 5.95. The van der Waals surface area contributed by atoms with Crippen molar-refractivity contribution in [2.75, 3.05) is 13.1 Å². The molecule has 4 rings (SSSR count). The van der Waals surface area contributed by atoms with Crippen LogP contribution in [-0.4, -0.2) is 34.0 Å². The van der Waals surface area contributed by atoms with Gasteiger partial charge in [-0.15, -0.1) is 0 Å². The van der Waals surface area contributed by atoms with E-state index in [1.807, 2.05) is 0 Å². The Labute approximate surface area is 144 Å². The van der Waals surface area contributed by atoms with Gasteiger partial charge in [-0.1, -0.05) is 24.4 Å². The van der Waals surface area contributed by atoms with Gasteiger partial charge in [0.1, 0.15) is 0 Å². The molecule has 1 aromatic rings. The van der Waals surface area contributed by atoms with E-state index in [1.54, 1.807) is 0 Å². The molecule has 2 heterocycles. The quantitative estimate of drug-likeness (QED) is 0.825. The van der Waals surface area contributed by atoms with Crippen molar-refractivity contribution in [3.8, 4) is 0 Å². The predicted molar refractivity (Wildman–Crippen MR) is 90.5 cm³/mol. The zero-order valence-electron chi connectivity index (χ0n) is 14.6. The average molecular weight is 331 g/mol. The Balaban J connectivity index is 1.28. The van der Waals surface area contributed by atoms with Crippen molar-refractivity contribution in [3.63, 3.8) is 0 Å². The first kappa shape index (κ1) is 16.1. The van der Waals surface area contributed by atoms with Gasteiger partial charge in [-0.05, 0) is 50.4 Å². The number of aromatic nitrogens is 2. The van der Waals surface area contributed by atoms with Crippen molar-refractivity contribution < 1.29 is 9.32 Å². The third kappa shape index (κ3) is 3.98. The van der Waals surface area contributed by atoms with E-state index in [1.165, 1.54) is 44.9 Å². The Kier molecular flexibility index (Phi) is 4.86. The maximum absolute atomic E-state index is 12.6. The normalized spacial score (nSPS) is 25.8. The lowest BCUT2D eigenvalue weighted by molar-refractivity contribution is -0.134. The summed E-state index contributed by atoms with van der Waals surface area (Å²) in [5.74, 6) is 3.68. The van der Waals surface area contributed by atoms with Gasteiger partial charge in [0, 0.05) is 31.8 Å². The molecule has 1 aliphatic heterocycles. The molecule has 5 nitrogen and oxygen atoms in total. The van der Waals surface area contributed by atoms with Gasteiger partial charge in [0.15, 0.2) is 5.82 Å². The highest BCUT2D eigenvalue weighted by Gasteiger charge is 2.30. The minimum atomic E-state index is 0.371. The molecule has 1 aromatic heterocycles. The van der Waals surface area contributed by atoms with Crippen LogP contribution in [0.3, 0.4) is 0 Å². The monoisotopic (exact) mass is 331 g/mol.